The molecule has 0 atom stereocenters. The Balaban J connectivity index is 0.000000490. The Morgan fingerprint density at radius 2 is 2.12 bits per heavy atom. The summed E-state index contributed by atoms with van der Waals surface area (Å²) in [6, 6.07) is 4.93. The molecule has 0 aromatic carbocycles. The van der Waals surface area contributed by atoms with Crippen molar-refractivity contribution in [3.05, 3.63) is 34.7 Å². The van der Waals surface area contributed by atoms with E-state index in [2.05, 4.69) is 4.98 Å². The molecule has 0 saturated carbocycles. The van der Waals surface area contributed by atoms with Crippen molar-refractivity contribution < 1.29 is 22.4 Å². The molecule has 1 heterocycles. The Morgan fingerprint density at radius 3 is 2.38 bits per heavy atom. The molecule has 1 aromatic rings. The quantitative estimate of drug-likeness (QED) is 0.607. The van der Waals surface area contributed by atoms with Gasteiger partial charge in [0, 0.05) is 12.3 Å². The van der Waals surface area contributed by atoms with Crippen LogP contribution in [0.5, 0.6) is 0 Å². The third-order valence-corrected chi connectivity index (χ3v) is 0.681. The second-order valence-electron chi connectivity index (χ2n) is 1.23. The molecular formula is C5H5AgNO+. The van der Waals surface area contributed by atoms with Crippen LogP contribution in [-0.4, -0.2) is 4.98 Å². The van der Waals surface area contributed by atoms with Gasteiger partial charge in [-0.2, -0.15) is 0 Å². The van der Waals surface area contributed by atoms with Gasteiger partial charge in [-0.3, -0.25) is 4.79 Å². The minimum Gasteiger partial charge on any atom is -0.329 e. The Morgan fingerprint density at radius 1 is 1.38 bits per heavy atom. The summed E-state index contributed by atoms with van der Waals surface area (Å²) in [6.45, 7) is 0. The van der Waals surface area contributed by atoms with Crippen LogP contribution in [0.3, 0.4) is 0 Å². The van der Waals surface area contributed by atoms with Crippen LogP contribution in [-0.2, 0) is 22.4 Å². The zero-order valence-corrected chi connectivity index (χ0v) is 5.50. The van der Waals surface area contributed by atoms with Gasteiger partial charge in [0.05, 0.1) is 0 Å². The average Bonchev–Trinajstić information content (AvgIpc) is 1.69. The summed E-state index contributed by atoms with van der Waals surface area (Å²) in [6.07, 6.45) is 1.60. The van der Waals surface area contributed by atoms with Gasteiger partial charge in [0.15, 0.2) is 0 Å². The smallest absolute Gasteiger partial charge is 0.329 e. The number of hydrogen-bond acceptors (Lipinski definition) is 1. The Labute approximate surface area is 62.4 Å². The van der Waals surface area contributed by atoms with Crippen LogP contribution in [0.15, 0.2) is 29.2 Å². The molecule has 0 aliphatic heterocycles. The first-order valence-electron chi connectivity index (χ1n) is 2.03. The van der Waals surface area contributed by atoms with Gasteiger partial charge in [0.1, 0.15) is 0 Å². The number of hydrogen-bond donors (Lipinski definition) is 1. The SMILES string of the molecule is O=c1cccc[nH]1.[Ag+]. The summed E-state index contributed by atoms with van der Waals surface area (Å²) in [5, 5.41) is 0. The standard InChI is InChI=1S/C5H5NO.Ag/c7-5-3-1-2-4-6-5;/h1-4H,(H,6,7);/q;+1. The van der Waals surface area contributed by atoms with Gasteiger partial charge in [0.25, 0.3) is 0 Å². The van der Waals surface area contributed by atoms with Crippen molar-refractivity contribution >= 4 is 0 Å². The third kappa shape index (κ3) is 2.12. The summed E-state index contributed by atoms with van der Waals surface area (Å²) < 4.78 is 0. The Bertz CT molecular complexity index is 178. The van der Waals surface area contributed by atoms with Crippen molar-refractivity contribution in [2.75, 3.05) is 0 Å². The number of H-pyrrole nitrogens is 1. The van der Waals surface area contributed by atoms with Crippen LogP contribution >= 0.6 is 0 Å². The van der Waals surface area contributed by atoms with E-state index < -0.39 is 0 Å². The molecule has 0 radical (unpaired) electrons. The molecule has 8 heavy (non-hydrogen) atoms. The molecule has 0 amide bonds. The summed E-state index contributed by atoms with van der Waals surface area (Å²) in [5.41, 5.74) is -0.0532. The van der Waals surface area contributed by atoms with Gasteiger partial charge < -0.3 is 4.98 Å². The molecule has 1 aromatic heterocycles. The zero-order valence-electron chi connectivity index (χ0n) is 4.02. The summed E-state index contributed by atoms with van der Waals surface area (Å²) in [4.78, 5) is 12.7. The van der Waals surface area contributed by atoms with E-state index >= 15 is 0 Å². The molecule has 0 unspecified atom stereocenters. The number of aromatic nitrogens is 1. The van der Waals surface area contributed by atoms with Gasteiger partial charge in [-0.05, 0) is 6.07 Å². The van der Waals surface area contributed by atoms with E-state index in [9.17, 15) is 4.79 Å². The number of pyridine rings is 1. The van der Waals surface area contributed by atoms with Crippen LogP contribution < -0.4 is 5.56 Å². The van der Waals surface area contributed by atoms with Crippen molar-refractivity contribution in [3.8, 4) is 0 Å². The summed E-state index contributed by atoms with van der Waals surface area (Å²) >= 11 is 0. The van der Waals surface area contributed by atoms with Crippen LogP contribution in [0.1, 0.15) is 0 Å². The first kappa shape index (κ1) is 7.69. The van der Waals surface area contributed by atoms with E-state index in [-0.39, 0.29) is 27.9 Å². The summed E-state index contributed by atoms with van der Waals surface area (Å²) in [7, 11) is 0. The van der Waals surface area contributed by atoms with Crippen molar-refractivity contribution in [1.82, 2.24) is 4.98 Å². The Kier molecular flexibility index (Phi) is 3.52. The van der Waals surface area contributed by atoms with Crippen molar-refractivity contribution in [2.45, 2.75) is 0 Å². The molecule has 46 valence electrons. The molecule has 0 fully saturated rings. The minimum absolute atomic E-state index is 0. The van der Waals surface area contributed by atoms with Crippen LogP contribution in [0.25, 0.3) is 0 Å². The maximum absolute atomic E-state index is 10.2. The van der Waals surface area contributed by atoms with E-state index in [0.29, 0.717) is 0 Å². The third-order valence-electron chi connectivity index (χ3n) is 0.681. The molecule has 3 heteroatoms. The predicted molar refractivity (Wildman–Crippen MR) is 27.1 cm³/mol. The molecule has 0 aliphatic rings. The van der Waals surface area contributed by atoms with Crippen molar-refractivity contribution in [3.63, 3.8) is 0 Å². The first-order chi connectivity index (χ1) is 3.39. The zero-order chi connectivity index (χ0) is 5.11. The molecule has 1 N–H and O–H groups in total. The fraction of sp³-hybridized carbons (Fsp3) is 0. The molecule has 0 bridgehead atoms. The minimum atomic E-state index is -0.0532. The van der Waals surface area contributed by atoms with Gasteiger partial charge >= 0.3 is 22.4 Å². The normalized spacial score (nSPS) is 7.50. The molecular weight excluding hydrogens is 198 g/mol. The second-order valence-corrected chi connectivity index (χ2v) is 1.23. The molecule has 0 saturated heterocycles. The van der Waals surface area contributed by atoms with Crippen LogP contribution in [0.2, 0.25) is 0 Å². The van der Waals surface area contributed by atoms with E-state index in [1.165, 1.54) is 6.07 Å². The Hall–Kier alpha value is -0.310. The number of rotatable bonds is 0. The molecule has 1 rings (SSSR count). The summed E-state index contributed by atoms with van der Waals surface area (Å²) in [5.74, 6) is 0. The predicted octanol–water partition coefficient (Wildman–Crippen LogP) is 0.372. The maximum Gasteiger partial charge on any atom is 1.00 e. The molecule has 2 nitrogen and oxygen atoms in total. The maximum atomic E-state index is 10.2. The van der Waals surface area contributed by atoms with Crippen molar-refractivity contribution in [2.24, 2.45) is 0 Å². The van der Waals surface area contributed by atoms with Crippen molar-refractivity contribution in [1.29, 1.82) is 0 Å². The largest absolute Gasteiger partial charge is 1.00 e. The van der Waals surface area contributed by atoms with Crippen LogP contribution in [0.4, 0.5) is 0 Å². The van der Waals surface area contributed by atoms with Gasteiger partial charge in [-0.1, -0.05) is 6.07 Å². The van der Waals surface area contributed by atoms with E-state index in [1.54, 1.807) is 18.3 Å². The number of nitrogens with one attached hydrogen (secondary N) is 1. The molecule has 0 aliphatic carbocycles. The fourth-order valence-corrected chi connectivity index (χ4v) is 0.377. The van der Waals surface area contributed by atoms with Gasteiger partial charge in [-0.25, -0.2) is 0 Å². The van der Waals surface area contributed by atoms with E-state index in [4.69, 9.17) is 0 Å². The van der Waals surface area contributed by atoms with E-state index in [0.717, 1.165) is 0 Å². The monoisotopic (exact) mass is 202 g/mol. The second kappa shape index (κ2) is 3.66. The fourth-order valence-electron chi connectivity index (χ4n) is 0.377. The molecule has 0 spiro atoms. The van der Waals surface area contributed by atoms with Gasteiger partial charge in [0.2, 0.25) is 5.56 Å². The topological polar surface area (TPSA) is 32.9 Å². The first-order valence-corrected chi connectivity index (χ1v) is 2.03. The number of aromatic amines is 1. The average molecular weight is 203 g/mol. The van der Waals surface area contributed by atoms with Gasteiger partial charge in [-0.15, -0.1) is 0 Å². The van der Waals surface area contributed by atoms with E-state index in [1.807, 2.05) is 0 Å². The van der Waals surface area contributed by atoms with Crippen LogP contribution in [0, 0.1) is 0 Å².